The molecule has 0 bridgehead atoms. The zero-order valence-electron chi connectivity index (χ0n) is 18.6. The number of aryl methyl sites for hydroxylation is 1. The van der Waals surface area contributed by atoms with E-state index in [0.29, 0.717) is 51.2 Å². The summed E-state index contributed by atoms with van der Waals surface area (Å²) >= 11 is 14.8. The molecule has 1 saturated heterocycles. The first-order valence-electron chi connectivity index (χ1n) is 10.9. The lowest BCUT2D eigenvalue weighted by atomic mass is 9.99. The van der Waals surface area contributed by atoms with Gasteiger partial charge in [0.05, 0.1) is 28.4 Å². The molecular weight excluding hydrogens is 475 g/mol. The molecule has 3 aromatic rings. The molecule has 1 aliphatic heterocycles. The third-order valence-corrected chi connectivity index (χ3v) is 7.48. The molecule has 0 amide bonds. The second kappa shape index (κ2) is 10.7. The average Bonchev–Trinajstić information content (AvgIpc) is 3.35. The Morgan fingerprint density at radius 1 is 1.39 bits per heavy atom. The molecule has 0 spiro atoms. The highest BCUT2D eigenvalue weighted by Crippen LogP contribution is 2.36. The second-order valence-electron chi connectivity index (χ2n) is 8.21. The molecule has 1 aliphatic rings. The third kappa shape index (κ3) is 5.61. The molecule has 1 aromatic carbocycles. The fraction of sp³-hybridized carbons (Fsp3) is 0.333. The summed E-state index contributed by atoms with van der Waals surface area (Å²) in [6.45, 7) is 9.51. The Kier molecular flexibility index (Phi) is 7.75. The number of piperidine rings is 1. The number of benzene rings is 1. The minimum absolute atomic E-state index is 0.450. The van der Waals surface area contributed by atoms with E-state index in [0.717, 1.165) is 32.5 Å². The van der Waals surface area contributed by atoms with E-state index in [1.165, 1.54) is 10.4 Å². The van der Waals surface area contributed by atoms with E-state index in [2.05, 4.69) is 40.6 Å². The van der Waals surface area contributed by atoms with Gasteiger partial charge in [0.1, 0.15) is 23.2 Å². The highest BCUT2D eigenvalue weighted by atomic mass is 35.5. The van der Waals surface area contributed by atoms with Crippen molar-refractivity contribution in [2.24, 2.45) is 10.9 Å². The lowest BCUT2D eigenvalue weighted by Gasteiger charge is -2.24. The van der Waals surface area contributed by atoms with Crippen molar-refractivity contribution in [2.45, 2.75) is 32.9 Å². The van der Waals surface area contributed by atoms with Crippen molar-refractivity contribution in [3.63, 3.8) is 0 Å². The molecule has 33 heavy (non-hydrogen) atoms. The van der Waals surface area contributed by atoms with Gasteiger partial charge in [0.2, 0.25) is 0 Å². The number of imidazole rings is 1. The number of nitrogen functional groups attached to an aromatic ring is 1. The maximum Gasteiger partial charge on any atom is 0.145 e. The van der Waals surface area contributed by atoms with E-state index in [9.17, 15) is 0 Å². The van der Waals surface area contributed by atoms with Gasteiger partial charge in [-0.2, -0.15) is 0 Å². The first-order chi connectivity index (χ1) is 15.9. The first kappa shape index (κ1) is 23.8. The van der Waals surface area contributed by atoms with Crippen LogP contribution in [-0.4, -0.2) is 28.9 Å². The normalized spacial score (nSPS) is 16.4. The Morgan fingerprint density at radius 2 is 2.18 bits per heavy atom. The molecule has 9 heteroatoms. The number of rotatable bonds is 8. The summed E-state index contributed by atoms with van der Waals surface area (Å²) in [5, 5.41) is 9.86. The maximum atomic E-state index is 6.57. The number of hydrogen-bond acceptors (Lipinski definition) is 6. The largest absolute Gasteiger partial charge is 0.383 e. The number of nitrogens with one attached hydrogen (secondary N) is 2. The maximum absolute atomic E-state index is 6.57. The van der Waals surface area contributed by atoms with E-state index in [1.807, 2.05) is 22.8 Å². The van der Waals surface area contributed by atoms with Gasteiger partial charge in [0.15, 0.2) is 0 Å². The summed E-state index contributed by atoms with van der Waals surface area (Å²) in [7, 11) is 0. The van der Waals surface area contributed by atoms with E-state index in [4.69, 9.17) is 33.9 Å². The molecule has 0 radical (unpaired) electrons. The molecule has 3 heterocycles. The molecule has 4 rings (SSSR count). The molecular formula is C24H28Cl2N6S. The van der Waals surface area contributed by atoms with Crippen molar-refractivity contribution in [1.82, 2.24) is 20.2 Å². The molecule has 0 saturated carbocycles. The summed E-state index contributed by atoms with van der Waals surface area (Å²) in [6.07, 6.45) is 3.92. The van der Waals surface area contributed by atoms with Crippen molar-refractivity contribution in [3.05, 3.63) is 68.2 Å². The minimum Gasteiger partial charge on any atom is -0.383 e. The lowest BCUT2D eigenvalue weighted by Crippen LogP contribution is -2.32. The van der Waals surface area contributed by atoms with Gasteiger partial charge in [-0.05, 0) is 67.9 Å². The van der Waals surface area contributed by atoms with Gasteiger partial charge in [-0.3, -0.25) is 0 Å². The number of anilines is 1. The predicted molar refractivity (Wildman–Crippen MR) is 140 cm³/mol. The molecule has 6 nitrogen and oxygen atoms in total. The summed E-state index contributed by atoms with van der Waals surface area (Å²) in [5.74, 6) is 2.19. The summed E-state index contributed by atoms with van der Waals surface area (Å²) < 4.78 is 2.01. The standard InChI is InChI=1S/C24H28Cl2N6S/c1-15-8-10-33-21(15)13-30-16(2)29-12-20-23(27)32(14-17-5-4-9-28-11-17)24(31-20)22-18(25)6-3-7-19(22)26/h3,6-8,10,12,17,28,30H,2,4-5,9,11,13-14,27H2,1H3/b29-12-/t17-/m1/s1. The van der Waals surface area contributed by atoms with Crippen LogP contribution in [0.3, 0.4) is 0 Å². The van der Waals surface area contributed by atoms with Gasteiger partial charge in [-0.25, -0.2) is 9.98 Å². The quantitative estimate of drug-likeness (QED) is 0.355. The van der Waals surface area contributed by atoms with Gasteiger partial charge in [-0.15, -0.1) is 11.3 Å². The topological polar surface area (TPSA) is 80.3 Å². The second-order valence-corrected chi connectivity index (χ2v) is 10.0. The van der Waals surface area contributed by atoms with Gasteiger partial charge in [0.25, 0.3) is 0 Å². The van der Waals surface area contributed by atoms with Crippen LogP contribution in [0, 0.1) is 12.8 Å². The molecule has 0 unspecified atom stereocenters. The number of aliphatic imine (C=N–C) groups is 1. The van der Waals surface area contributed by atoms with Crippen LogP contribution < -0.4 is 16.4 Å². The SMILES string of the molecule is C=C(/N=C\c1nc(-c2c(Cl)cccc2Cl)n(C[C@@H]2CCCNC2)c1N)NCc1sccc1C. The van der Waals surface area contributed by atoms with E-state index >= 15 is 0 Å². The highest BCUT2D eigenvalue weighted by Gasteiger charge is 2.23. The van der Waals surface area contributed by atoms with E-state index in [-0.39, 0.29) is 0 Å². The van der Waals surface area contributed by atoms with Crippen molar-refractivity contribution in [2.75, 3.05) is 18.8 Å². The molecule has 4 N–H and O–H groups in total. The summed E-state index contributed by atoms with van der Waals surface area (Å²) in [6, 6.07) is 7.55. The molecule has 2 aromatic heterocycles. The average molecular weight is 504 g/mol. The van der Waals surface area contributed by atoms with Crippen LogP contribution in [0.1, 0.15) is 29.0 Å². The van der Waals surface area contributed by atoms with E-state index in [1.54, 1.807) is 17.6 Å². The number of aromatic nitrogens is 2. The van der Waals surface area contributed by atoms with Crippen LogP contribution in [0.2, 0.25) is 10.0 Å². The Balaban J connectivity index is 1.60. The number of hydrogen-bond donors (Lipinski definition) is 3. The molecule has 174 valence electrons. The highest BCUT2D eigenvalue weighted by molar-refractivity contribution is 7.10. The number of nitrogens with two attached hydrogens (primary N) is 1. The Morgan fingerprint density at radius 3 is 2.85 bits per heavy atom. The Bertz CT molecular complexity index is 1140. The number of halogens is 2. The molecule has 0 aliphatic carbocycles. The first-order valence-corrected chi connectivity index (χ1v) is 12.6. The van der Waals surface area contributed by atoms with Gasteiger partial charge in [0, 0.05) is 11.4 Å². The monoisotopic (exact) mass is 502 g/mol. The smallest absolute Gasteiger partial charge is 0.145 e. The molecule has 1 atom stereocenters. The fourth-order valence-electron chi connectivity index (χ4n) is 3.96. The van der Waals surface area contributed by atoms with Crippen molar-refractivity contribution in [3.8, 4) is 11.4 Å². The van der Waals surface area contributed by atoms with Gasteiger partial charge >= 0.3 is 0 Å². The van der Waals surface area contributed by atoms with Crippen LogP contribution in [0.15, 0.2) is 47.0 Å². The van der Waals surface area contributed by atoms with Crippen LogP contribution >= 0.6 is 34.5 Å². The van der Waals surface area contributed by atoms with Crippen LogP contribution in [0.5, 0.6) is 0 Å². The number of thiophene rings is 1. The summed E-state index contributed by atoms with van der Waals surface area (Å²) in [5.41, 5.74) is 9.08. The Labute approximate surface area is 208 Å². The van der Waals surface area contributed by atoms with Gasteiger partial charge in [-0.1, -0.05) is 35.8 Å². The Hall–Kier alpha value is -2.32. The minimum atomic E-state index is 0.450. The van der Waals surface area contributed by atoms with E-state index < -0.39 is 0 Å². The zero-order valence-corrected chi connectivity index (χ0v) is 20.9. The van der Waals surface area contributed by atoms with Crippen molar-refractivity contribution >= 4 is 46.6 Å². The molecule has 1 fully saturated rings. The van der Waals surface area contributed by atoms with Gasteiger partial charge < -0.3 is 20.9 Å². The summed E-state index contributed by atoms with van der Waals surface area (Å²) in [4.78, 5) is 10.5. The fourth-order valence-corrected chi connectivity index (χ4v) is 5.37. The third-order valence-electron chi connectivity index (χ3n) is 5.83. The predicted octanol–water partition coefficient (Wildman–Crippen LogP) is 5.49. The van der Waals surface area contributed by atoms with Crippen LogP contribution in [-0.2, 0) is 13.1 Å². The zero-order chi connectivity index (χ0) is 23.4. The number of nitrogens with zero attached hydrogens (tertiary/aromatic N) is 3. The van der Waals surface area contributed by atoms with Crippen LogP contribution in [0.4, 0.5) is 5.82 Å². The van der Waals surface area contributed by atoms with Crippen molar-refractivity contribution < 1.29 is 0 Å². The lowest BCUT2D eigenvalue weighted by molar-refractivity contribution is 0.340. The van der Waals surface area contributed by atoms with Crippen molar-refractivity contribution in [1.29, 1.82) is 0 Å². The van der Waals surface area contributed by atoms with Crippen LogP contribution in [0.25, 0.3) is 11.4 Å².